The molecule has 1 aromatic heterocycles. The van der Waals surface area contributed by atoms with Crippen LogP contribution in [0.15, 0.2) is 29.1 Å². The summed E-state index contributed by atoms with van der Waals surface area (Å²) in [5.41, 5.74) is 3.10. The van der Waals surface area contributed by atoms with Crippen molar-refractivity contribution in [3.05, 3.63) is 45.7 Å². The van der Waals surface area contributed by atoms with Gasteiger partial charge in [0.05, 0.1) is 0 Å². The summed E-state index contributed by atoms with van der Waals surface area (Å²) in [6, 6.07) is 8.83. The molecular formula is C17H24ClN3O. The van der Waals surface area contributed by atoms with Gasteiger partial charge in [-0.25, -0.2) is 0 Å². The number of H-pyrrole nitrogens is 1. The zero-order valence-corrected chi connectivity index (χ0v) is 14.0. The molecule has 1 fully saturated rings. The van der Waals surface area contributed by atoms with Gasteiger partial charge in [0.15, 0.2) is 0 Å². The number of nitrogens with zero attached hydrogens (tertiary/aromatic N) is 1. The summed E-state index contributed by atoms with van der Waals surface area (Å²) in [5.74, 6) is 0. The highest BCUT2D eigenvalue weighted by molar-refractivity contribution is 5.85. The van der Waals surface area contributed by atoms with Crippen molar-refractivity contribution < 1.29 is 0 Å². The van der Waals surface area contributed by atoms with Gasteiger partial charge in [0.1, 0.15) is 0 Å². The largest absolute Gasteiger partial charge is 0.322 e. The molecule has 0 amide bonds. The Morgan fingerprint density at radius 3 is 2.64 bits per heavy atom. The molecule has 0 spiro atoms. The molecule has 4 nitrogen and oxygen atoms in total. The molecule has 0 radical (unpaired) electrons. The van der Waals surface area contributed by atoms with E-state index in [0.717, 1.165) is 49.1 Å². The lowest BCUT2D eigenvalue weighted by atomic mass is 10.0. The number of benzene rings is 1. The summed E-state index contributed by atoms with van der Waals surface area (Å²) in [5, 5.41) is 4.50. The maximum atomic E-state index is 12.0. The first-order valence-corrected chi connectivity index (χ1v) is 7.79. The van der Waals surface area contributed by atoms with Crippen LogP contribution < -0.4 is 10.9 Å². The van der Waals surface area contributed by atoms with Crippen molar-refractivity contribution >= 4 is 23.3 Å². The van der Waals surface area contributed by atoms with E-state index in [1.807, 2.05) is 13.0 Å². The van der Waals surface area contributed by atoms with Crippen molar-refractivity contribution in [2.45, 2.75) is 26.3 Å². The van der Waals surface area contributed by atoms with Crippen LogP contribution in [0.25, 0.3) is 10.9 Å². The summed E-state index contributed by atoms with van der Waals surface area (Å²) < 4.78 is 0. The monoisotopic (exact) mass is 321 g/mol. The number of fused-ring (bicyclic) bond motifs is 1. The van der Waals surface area contributed by atoms with Gasteiger partial charge in [0, 0.05) is 43.3 Å². The lowest BCUT2D eigenvalue weighted by Gasteiger charge is -2.33. The Morgan fingerprint density at radius 1 is 1.23 bits per heavy atom. The van der Waals surface area contributed by atoms with E-state index in [4.69, 9.17) is 0 Å². The lowest BCUT2D eigenvalue weighted by Crippen LogP contribution is -2.44. The molecule has 1 saturated heterocycles. The van der Waals surface area contributed by atoms with E-state index in [1.54, 1.807) is 0 Å². The molecule has 0 aliphatic carbocycles. The van der Waals surface area contributed by atoms with E-state index < -0.39 is 0 Å². The third-order valence-electron chi connectivity index (χ3n) is 4.51. The summed E-state index contributed by atoms with van der Waals surface area (Å²) >= 11 is 0. The fourth-order valence-corrected chi connectivity index (χ4v) is 3.07. The van der Waals surface area contributed by atoms with Gasteiger partial charge in [0.25, 0.3) is 5.56 Å². The second kappa shape index (κ2) is 7.27. The van der Waals surface area contributed by atoms with Crippen LogP contribution in [0, 0.1) is 0 Å². The molecule has 1 unspecified atom stereocenters. The van der Waals surface area contributed by atoms with Crippen molar-refractivity contribution in [2.24, 2.45) is 0 Å². The number of nitrogens with one attached hydrogen (secondary N) is 2. The fraction of sp³-hybridized carbons (Fsp3) is 0.471. The summed E-state index contributed by atoms with van der Waals surface area (Å²) in [6.07, 6.45) is 0.768. The van der Waals surface area contributed by atoms with E-state index >= 15 is 0 Å². The number of hydrogen-bond donors (Lipinski definition) is 2. The van der Waals surface area contributed by atoms with Gasteiger partial charge in [0.2, 0.25) is 0 Å². The van der Waals surface area contributed by atoms with Gasteiger partial charge in [-0.1, -0.05) is 19.1 Å². The standard InChI is InChI=1S/C17H23N3O.ClH/c1-3-13-10-15-5-4-14(11-16(15)19-17(13)21)12(2)20-8-6-18-7-9-20;/h4-5,10-12,18H,3,6-9H2,1-2H3,(H,19,21);1H. The van der Waals surface area contributed by atoms with Gasteiger partial charge in [-0.3, -0.25) is 9.69 Å². The molecular weight excluding hydrogens is 298 g/mol. The number of pyridine rings is 1. The number of hydrogen-bond acceptors (Lipinski definition) is 3. The Balaban J connectivity index is 0.00000176. The first-order valence-electron chi connectivity index (χ1n) is 7.79. The minimum atomic E-state index is 0. The smallest absolute Gasteiger partial charge is 0.251 e. The van der Waals surface area contributed by atoms with Crippen LogP contribution in [0.1, 0.15) is 31.0 Å². The van der Waals surface area contributed by atoms with E-state index in [0.29, 0.717) is 6.04 Å². The number of rotatable bonds is 3. The Labute approximate surface area is 137 Å². The molecule has 0 saturated carbocycles. The van der Waals surface area contributed by atoms with Crippen LogP contribution in [-0.2, 0) is 6.42 Å². The number of aromatic amines is 1. The van der Waals surface area contributed by atoms with Gasteiger partial charge in [-0.2, -0.15) is 0 Å². The SMILES string of the molecule is CCc1cc2ccc(C(C)N3CCNCC3)cc2[nH]c1=O.Cl. The first kappa shape index (κ1) is 17.0. The predicted molar refractivity (Wildman–Crippen MR) is 94.1 cm³/mol. The van der Waals surface area contributed by atoms with Crippen LogP contribution in [0.3, 0.4) is 0 Å². The maximum Gasteiger partial charge on any atom is 0.251 e. The summed E-state index contributed by atoms with van der Waals surface area (Å²) in [4.78, 5) is 17.5. The average molecular weight is 322 g/mol. The van der Waals surface area contributed by atoms with E-state index in [1.165, 1.54) is 5.56 Å². The molecule has 1 atom stereocenters. The Kier molecular flexibility index (Phi) is 5.62. The lowest BCUT2D eigenvalue weighted by molar-refractivity contribution is 0.185. The van der Waals surface area contributed by atoms with E-state index in [9.17, 15) is 4.79 Å². The number of aromatic nitrogens is 1. The Hall–Kier alpha value is -1.36. The first-order chi connectivity index (χ1) is 10.2. The van der Waals surface area contributed by atoms with E-state index in [2.05, 4.69) is 40.3 Å². The zero-order valence-electron chi connectivity index (χ0n) is 13.2. The number of piperazine rings is 1. The summed E-state index contributed by atoms with van der Waals surface area (Å²) in [7, 11) is 0. The number of halogens is 1. The van der Waals surface area contributed by atoms with Gasteiger partial charge in [-0.15, -0.1) is 12.4 Å². The van der Waals surface area contributed by atoms with Crippen LogP contribution in [0.2, 0.25) is 0 Å². The van der Waals surface area contributed by atoms with Crippen molar-refractivity contribution in [1.82, 2.24) is 15.2 Å². The molecule has 1 aliphatic rings. The molecule has 5 heteroatoms. The third kappa shape index (κ3) is 3.35. The highest BCUT2D eigenvalue weighted by Gasteiger charge is 2.18. The second-order valence-electron chi connectivity index (χ2n) is 5.79. The minimum absolute atomic E-state index is 0. The molecule has 2 aromatic rings. The molecule has 22 heavy (non-hydrogen) atoms. The van der Waals surface area contributed by atoms with Gasteiger partial charge >= 0.3 is 0 Å². The normalized spacial score (nSPS) is 17.2. The van der Waals surface area contributed by atoms with Crippen molar-refractivity contribution in [3.63, 3.8) is 0 Å². The van der Waals surface area contributed by atoms with Crippen LogP contribution in [0.4, 0.5) is 0 Å². The maximum absolute atomic E-state index is 12.0. The topological polar surface area (TPSA) is 48.1 Å². The molecule has 120 valence electrons. The van der Waals surface area contributed by atoms with Gasteiger partial charge in [-0.05, 0) is 36.4 Å². The minimum Gasteiger partial charge on any atom is -0.322 e. The fourth-order valence-electron chi connectivity index (χ4n) is 3.07. The van der Waals surface area contributed by atoms with Crippen LogP contribution >= 0.6 is 12.4 Å². The average Bonchev–Trinajstić information content (AvgIpc) is 2.53. The van der Waals surface area contributed by atoms with Crippen LogP contribution in [0.5, 0.6) is 0 Å². The molecule has 2 N–H and O–H groups in total. The molecule has 1 aromatic carbocycles. The summed E-state index contributed by atoms with van der Waals surface area (Å²) in [6.45, 7) is 8.50. The molecule has 2 heterocycles. The van der Waals surface area contributed by atoms with E-state index in [-0.39, 0.29) is 18.0 Å². The molecule has 3 rings (SSSR count). The highest BCUT2D eigenvalue weighted by atomic mass is 35.5. The number of aryl methyl sites for hydroxylation is 1. The zero-order chi connectivity index (χ0) is 14.8. The quantitative estimate of drug-likeness (QED) is 0.913. The van der Waals surface area contributed by atoms with Crippen molar-refractivity contribution in [3.8, 4) is 0 Å². The second-order valence-corrected chi connectivity index (χ2v) is 5.79. The third-order valence-corrected chi connectivity index (χ3v) is 4.51. The van der Waals surface area contributed by atoms with Crippen molar-refractivity contribution in [1.29, 1.82) is 0 Å². The van der Waals surface area contributed by atoms with Gasteiger partial charge < -0.3 is 10.3 Å². The Bertz CT molecular complexity index is 692. The predicted octanol–water partition coefficient (Wildman–Crippen LogP) is 2.48. The highest BCUT2D eigenvalue weighted by Crippen LogP contribution is 2.23. The molecule has 1 aliphatic heterocycles. The van der Waals surface area contributed by atoms with Crippen molar-refractivity contribution in [2.75, 3.05) is 26.2 Å². The van der Waals surface area contributed by atoms with Crippen LogP contribution in [-0.4, -0.2) is 36.1 Å². The molecule has 0 bridgehead atoms. The Morgan fingerprint density at radius 2 is 1.95 bits per heavy atom.